The Morgan fingerprint density at radius 1 is 1.67 bits per heavy atom. The standard InChI is InChI=1S/C8H9ClFNO/c1-2-3-12-8-7(10)4-6(9)5-11-8/h4-5H,2-3H2,1H3. The fourth-order valence-corrected chi connectivity index (χ4v) is 0.852. The molecule has 0 unspecified atom stereocenters. The summed E-state index contributed by atoms with van der Waals surface area (Å²) in [7, 11) is 0. The van der Waals surface area contributed by atoms with Gasteiger partial charge in [-0.3, -0.25) is 0 Å². The fraction of sp³-hybridized carbons (Fsp3) is 0.375. The maximum Gasteiger partial charge on any atom is 0.250 e. The summed E-state index contributed by atoms with van der Waals surface area (Å²) in [6, 6.07) is 1.18. The minimum absolute atomic E-state index is 0.0150. The first kappa shape index (κ1) is 9.26. The molecule has 0 atom stereocenters. The Kier molecular flexibility index (Phi) is 3.29. The molecular weight excluding hydrogens is 181 g/mol. The molecule has 0 N–H and O–H groups in total. The van der Waals surface area contributed by atoms with Crippen molar-refractivity contribution in [2.75, 3.05) is 6.61 Å². The number of hydrogen-bond donors (Lipinski definition) is 0. The van der Waals surface area contributed by atoms with E-state index in [-0.39, 0.29) is 10.9 Å². The van der Waals surface area contributed by atoms with Crippen molar-refractivity contribution in [3.8, 4) is 5.88 Å². The first-order valence-electron chi connectivity index (χ1n) is 3.68. The van der Waals surface area contributed by atoms with Crippen LogP contribution in [0.15, 0.2) is 12.3 Å². The molecule has 0 aliphatic rings. The lowest BCUT2D eigenvalue weighted by atomic mass is 10.4. The van der Waals surface area contributed by atoms with Crippen LogP contribution in [0.2, 0.25) is 5.02 Å². The Morgan fingerprint density at radius 3 is 3.00 bits per heavy atom. The number of rotatable bonds is 3. The Balaban J connectivity index is 2.72. The lowest BCUT2D eigenvalue weighted by molar-refractivity contribution is 0.288. The zero-order valence-electron chi connectivity index (χ0n) is 6.68. The molecular formula is C8H9ClFNO. The van der Waals surface area contributed by atoms with Crippen LogP contribution in [-0.2, 0) is 0 Å². The van der Waals surface area contributed by atoms with Crippen molar-refractivity contribution in [2.45, 2.75) is 13.3 Å². The molecule has 0 radical (unpaired) electrons. The second kappa shape index (κ2) is 4.26. The Morgan fingerprint density at radius 2 is 2.42 bits per heavy atom. The molecule has 1 rings (SSSR count). The van der Waals surface area contributed by atoms with Gasteiger partial charge in [-0.15, -0.1) is 0 Å². The van der Waals surface area contributed by atoms with E-state index in [1.807, 2.05) is 6.92 Å². The van der Waals surface area contributed by atoms with Crippen molar-refractivity contribution in [1.82, 2.24) is 4.98 Å². The molecule has 1 heterocycles. The molecule has 1 aromatic heterocycles. The van der Waals surface area contributed by atoms with Gasteiger partial charge < -0.3 is 4.74 Å². The van der Waals surface area contributed by atoms with E-state index in [4.69, 9.17) is 16.3 Å². The van der Waals surface area contributed by atoms with E-state index < -0.39 is 5.82 Å². The number of pyridine rings is 1. The highest BCUT2D eigenvalue weighted by molar-refractivity contribution is 6.30. The molecule has 0 aliphatic carbocycles. The zero-order valence-corrected chi connectivity index (χ0v) is 7.44. The predicted octanol–water partition coefficient (Wildman–Crippen LogP) is 2.66. The van der Waals surface area contributed by atoms with Gasteiger partial charge in [-0.2, -0.15) is 0 Å². The van der Waals surface area contributed by atoms with Gasteiger partial charge in [-0.05, 0) is 12.5 Å². The van der Waals surface area contributed by atoms with Crippen LogP contribution in [0.1, 0.15) is 13.3 Å². The monoisotopic (exact) mass is 189 g/mol. The molecule has 0 fully saturated rings. The molecule has 0 amide bonds. The Hall–Kier alpha value is -0.830. The van der Waals surface area contributed by atoms with Gasteiger partial charge >= 0.3 is 0 Å². The topological polar surface area (TPSA) is 22.1 Å². The van der Waals surface area contributed by atoms with E-state index in [1.165, 1.54) is 12.3 Å². The minimum atomic E-state index is -0.518. The summed E-state index contributed by atoms with van der Waals surface area (Å²) >= 11 is 5.49. The Labute approximate surface area is 75.3 Å². The van der Waals surface area contributed by atoms with Gasteiger partial charge in [-0.25, -0.2) is 9.37 Å². The highest BCUT2D eigenvalue weighted by atomic mass is 35.5. The summed E-state index contributed by atoms with van der Waals surface area (Å²) in [5, 5.41) is 0.274. The molecule has 12 heavy (non-hydrogen) atoms. The summed E-state index contributed by atoms with van der Waals surface area (Å²) in [5.41, 5.74) is 0. The molecule has 66 valence electrons. The van der Waals surface area contributed by atoms with E-state index in [2.05, 4.69) is 4.98 Å². The minimum Gasteiger partial charge on any atom is -0.476 e. The number of ether oxygens (including phenoxy) is 1. The lowest BCUT2D eigenvalue weighted by Gasteiger charge is -2.03. The van der Waals surface area contributed by atoms with Crippen LogP contribution in [0, 0.1) is 5.82 Å². The zero-order chi connectivity index (χ0) is 8.97. The van der Waals surface area contributed by atoms with Crippen LogP contribution in [-0.4, -0.2) is 11.6 Å². The van der Waals surface area contributed by atoms with E-state index >= 15 is 0 Å². The average molecular weight is 190 g/mol. The van der Waals surface area contributed by atoms with E-state index in [0.29, 0.717) is 6.61 Å². The molecule has 4 heteroatoms. The van der Waals surface area contributed by atoms with E-state index in [1.54, 1.807) is 0 Å². The number of aromatic nitrogens is 1. The van der Waals surface area contributed by atoms with Gasteiger partial charge in [0.15, 0.2) is 5.82 Å². The molecule has 0 spiro atoms. The normalized spacial score (nSPS) is 9.92. The SMILES string of the molecule is CCCOc1ncc(Cl)cc1F. The first-order chi connectivity index (χ1) is 5.74. The van der Waals surface area contributed by atoms with Crippen LogP contribution in [0.25, 0.3) is 0 Å². The third-order valence-electron chi connectivity index (χ3n) is 1.22. The second-order valence-electron chi connectivity index (χ2n) is 2.29. The van der Waals surface area contributed by atoms with Crippen molar-refractivity contribution < 1.29 is 9.13 Å². The van der Waals surface area contributed by atoms with Gasteiger partial charge in [0.2, 0.25) is 5.88 Å². The summed E-state index contributed by atoms with van der Waals surface area (Å²) < 4.78 is 17.9. The van der Waals surface area contributed by atoms with Gasteiger partial charge in [0.1, 0.15) is 0 Å². The van der Waals surface area contributed by atoms with Crippen molar-refractivity contribution in [2.24, 2.45) is 0 Å². The van der Waals surface area contributed by atoms with Gasteiger partial charge in [0.05, 0.1) is 11.6 Å². The maximum atomic E-state index is 12.9. The fourth-order valence-electron chi connectivity index (χ4n) is 0.707. The number of hydrogen-bond acceptors (Lipinski definition) is 2. The maximum absolute atomic E-state index is 12.9. The van der Waals surface area contributed by atoms with Crippen LogP contribution < -0.4 is 4.74 Å². The van der Waals surface area contributed by atoms with Crippen LogP contribution in [0.4, 0.5) is 4.39 Å². The number of halogens is 2. The summed E-state index contributed by atoms with van der Waals surface area (Å²) in [4.78, 5) is 3.69. The smallest absolute Gasteiger partial charge is 0.250 e. The van der Waals surface area contributed by atoms with Crippen molar-refractivity contribution in [3.63, 3.8) is 0 Å². The first-order valence-corrected chi connectivity index (χ1v) is 4.05. The molecule has 2 nitrogen and oxygen atoms in total. The van der Waals surface area contributed by atoms with Gasteiger partial charge in [0, 0.05) is 6.20 Å². The highest BCUT2D eigenvalue weighted by Crippen LogP contribution is 2.17. The van der Waals surface area contributed by atoms with E-state index in [0.717, 1.165) is 6.42 Å². The third kappa shape index (κ3) is 2.34. The van der Waals surface area contributed by atoms with Crippen molar-refractivity contribution >= 4 is 11.6 Å². The van der Waals surface area contributed by atoms with Crippen molar-refractivity contribution in [1.29, 1.82) is 0 Å². The van der Waals surface area contributed by atoms with Crippen molar-refractivity contribution in [3.05, 3.63) is 23.1 Å². The molecule has 1 aromatic rings. The van der Waals surface area contributed by atoms with E-state index in [9.17, 15) is 4.39 Å². The molecule has 0 aromatic carbocycles. The summed E-state index contributed by atoms with van der Waals surface area (Å²) in [5.74, 6) is -0.503. The van der Waals surface area contributed by atoms with Gasteiger partial charge in [-0.1, -0.05) is 18.5 Å². The third-order valence-corrected chi connectivity index (χ3v) is 1.42. The summed E-state index contributed by atoms with van der Waals surface area (Å²) in [6.07, 6.45) is 2.18. The summed E-state index contributed by atoms with van der Waals surface area (Å²) in [6.45, 7) is 2.40. The molecule has 0 aliphatic heterocycles. The van der Waals surface area contributed by atoms with Crippen LogP contribution in [0.3, 0.4) is 0 Å². The lowest BCUT2D eigenvalue weighted by Crippen LogP contribution is -1.99. The molecule has 0 bridgehead atoms. The van der Waals surface area contributed by atoms with Gasteiger partial charge in [0.25, 0.3) is 0 Å². The van der Waals surface area contributed by atoms with Crippen LogP contribution >= 0.6 is 11.6 Å². The van der Waals surface area contributed by atoms with Crippen LogP contribution in [0.5, 0.6) is 5.88 Å². The predicted molar refractivity (Wildman–Crippen MR) is 45.0 cm³/mol. The molecule has 0 saturated heterocycles. The number of nitrogens with zero attached hydrogens (tertiary/aromatic N) is 1. The molecule has 0 saturated carbocycles. The second-order valence-corrected chi connectivity index (χ2v) is 2.73. The highest BCUT2D eigenvalue weighted by Gasteiger charge is 2.04. The Bertz CT molecular complexity index is 267. The largest absolute Gasteiger partial charge is 0.476 e. The quantitative estimate of drug-likeness (QED) is 0.730. The average Bonchev–Trinajstić information content (AvgIpc) is 2.03.